The maximum absolute atomic E-state index is 12.3. The molecule has 1 aromatic carbocycles. The predicted molar refractivity (Wildman–Crippen MR) is 108 cm³/mol. The van der Waals surface area contributed by atoms with Crippen molar-refractivity contribution in [3.8, 4) is 11.1 Å². The largest absolute Gasteiger partial charge is 0.292 e. The third kappa shape index (κ3) is 4.03. The number of pyridine rings is 1. The lowest BCUT2D eigenvalue weighted by Gasteiger charge is -2.14. The van der Waals surface area contributed by atoms with Crippen molar-refractivity contribution in [1.29, 1.82) is 0 Å². The highest BCUT2D eigenvalue weighted by Crippen LogP contribution is 2.22. The molecule has 0 saturated carbocycles. The number of anilines is 1. The Balaban J connectivity index is 1.55. The smallest absolute Gasteiger partial charge is 0.277 e. The van der Waals surface area contributed by atoms with Gasteiger partial charge in [-0.2, -0.15) is 10.1 Å². The Bertz CT molecular complexity index is 1200. The highest BCUT2D eigenvalue weighted by atomic mass is 16.7. The van der Waals surface area contributed by atoms with Gasteiger partial charge in [0.1, 0.15) is 6.54 Å². The van der Waals surface area contributed by atoms with Crippen molar-refractivity contribution in [2.45, 2.75) is 6.54 Å². The molecule has 4 aromatic rings. The Hall–Kier alpha value is -4.05. The van der Waals surface area contributed by atoms with Crippen molar-refractivity contribution in [3.63, 3.8) is 0 Å². The van der Waals surface area contributed by atoms with Gasteiger partial charge in [0, 0.05) is 36.8 Å². The second-order valence-electron chi connectivity index (χ2n) is 6.47. The van der Waals surface area contributed by atoms with Crippen LogP contribution in [0.25, 0.3) is 16.8 Å². The number of fused-ring (bicyclic) bond motifs is 1. The molecule has 0 aliphatic heterocycles. The van der Waals surface area contributed by atoms with Crippen LogP contribution in [0.1, 0.15) is 10.4 Å². The molecule has 3 heterocycles. The van der Waals surface area contributed by atoms with Gasteiger partial charge < -0.3 is 0 Å². The van der Waals surface area contributed by atoms with E-state index in [1.165, 1.54) is 11.8 Å². The molecule has 0 aliphatic rings. The molecular formula is C20H19N7O3. The number of nitrogens with zero attached hydrogens (tertiary/aromatic N) is 6. The number of carbonyl (C=O) groups excluding carboxylic acids is 2. The molecule has 0 radical (unpaired) electrons. The third-order valence-corrected chi connectivity index (χ3v) is 4.45. The van der Waals surface area contributed by atoms with Gasteiger partial charge in [-0.1, -0.05) is 12.1 Å². The lowest BCUT2D eigenvalue weighted by atomic mass is 10.0. The first-order chi connectivity index (χ1) is 14.5. The molecule has 3 aromatic heterocycles. The second kappa shape index (κ2) is 8.13. The summed E-state index contributed by atoms with van der Waals surface area (Å²) in [6.45, 7) is 0.0740. The van der Waals surface area contributed by atoms with E-state index in [1.807, 2.05) is 12.1 Å². The molecule has 0 atom stereocenters. The topological polar surface area (TPSA) is 107 Å². The molecule has 30 heavy (non-hydrogen) atoms. The average Bonchev–Trinajstić information content (AvgIpc) is 3.41. The van der Waals surface area contributed by atoms with Crippen LogP contribution in [0, 0.1) is 0 Å². The standard InChI is InChI=1S/C20H19N7O3/c1-25(30-2)19(29)15-6-3-5-14(11-15)16-7-8-17-22-20(24-27(17)12-16)23-18(28)13-26-10-4-9-21-26/h3-12H,13H2,1-2H3,(H,23,24,28). The summed E-state index contributed by atoms with van der Waals surface area (Å²) in [6, 6.07) is 12.6. The van der Waals surface area contributed by atoms with Crippen LogP contribution in [-0.2, 0) is 16.2 Å². The number of nitrogens with one attached hydrogen (secondary N) is 1. The molecular weight excluding hydrogens is 386 g/mol. The quantitative estimate of drug-likeness (QED) is 0.491. The van der Waals surface area contributed by atoms with Gasteiger partial charge in [-0.05, 0) is 35.9 Å². The molecule has 0 unspecified atom stereocenters. The molecule has 1 N–H and O–H groups in total. The zero-order valence-electron chi connectivity index (χ0n) is 16.4. The Labute approximate surface area is 171 Å². The zero-order chi connectivity index (χ0) is 21.1. The molecule has 0 aliphatic carbocycles. The van der Waals surface area contributed by atoms with E-state index < -0.39 is 0 Å². The average molecular weight is 405 g/mol. The number of hydrogen-bond donors (Lipinski definition) is 1. The fourth-order valence-electron chi connectivity index (χ4n) is 2.91. The second-order valence-corrected chi connectivity index (χ2v) is 6.47. The van der Waals surface area contributed by atoms with Crippen LogP contribution in [0.15, 0.2) is 61.1 Å². The first-order valence-corrected chi connectivity index (χ1v) is 9.10. The molecule has 0 bridgehead atoms. The lowest BCUT2D eigenvalue weighted by molar-refractivity contribution is -0.116. The van der Waals surface area contributed by atoms with Crippen molar-refractivity contribution in [2.24, 2.45) is 0 Å². The van der Waals surface area contributed by atoms with Gasteiger partial charge in [0.2, 0.25) is 11.9 Å². The molecule has 4 rings (SSSR count). The molecule has 0 saturated heterocycles. The van der Waals surface area contributed by atoms with Crippen molar-refractivity contribution in [2.75, 3.05) is 19.5 Å². The van der Waals surface area contributed by atoms with Gasteiger partial charge in [0.15, 0.2) is 5.65 Å². The summed E-state index contributed by atoms with van der Waals surface area (Å²) in [5.74, 6) is -0.318. The predicted octanol–water partition coefficient (Wildman–Crippen LogP) is 1.86. The summed E-state index contributed by atoms with van der Waals surface area (Å²) in [7, 11) is 2.99. The Morgan fingerprint density at radius 3 is 2.80 bits per heavy atom. The zero-order valence-corrected chi connectivity index (χ0v) is 16.4. The Morgan fingerprint density at radius 1 is 1.17 bits per heavy atom. The van der Waals surface area contributed by atoms with E-state index in [4.69, 9.17) is 4.84 Å². The van der Waals surface area contributed by atoms with E-state index in [2.05, 4.69) is 20.5 Å². The van der Waals surface area contributed by atoms with Crippen LogP contribution in [0.5, 0.6) is 0 Å². The van der Waals surface area contributed by atoms with E-state index in [0.717, 1.165) is 16.2 Å². The molecule has 10 nitrogen and oxygen atoms in total. The van der Waals surface area contributed by atoms with Crippen LogP contribution in [0.4, 0.5) is 5.95 Å². The van der Waals surface area contributed by atoms with Gasteiger partial charge in [-0.3, -0.25) is 24.4 Å². The number of amides is 2. The Kier molecular flexibility index (Phi) is 5.22. The van der Waals surface area contributed by atoms with E-state index in [9.17, 15) is 9.59 Å². The highest BCUT2D eigenvalue weighted by molar-refractivity contribution is 5.94. The van der Waals surface area contributed by atoms with Crippen molar-refractivity contribution in [1.82, 2.24) is 29.4 Å². The summed E-state index contributed by atoms with van der Waals surface area (Å²) in [4.78, 5) is 33.7. The van der Waals surface area contributed by atoms with Crippen LogP contribution < -0.4 is 5.32 Å². The fraction of sp³-hybridized carbons (Fsp3) is 0.150. The van der Waals surface area contributed by atoms with E-state index >= 15 is 0 Å². The summed E-state index contributed by atoms with van der Waals surface area (Å²) in [5.41, 5.74) is 2.77. The van der Waals surface area contributed by atoms with E-state index in [0.29, 0.717) is 11.2 Å². The monoisotopic (exact) mass is 405 g/mol. The minimum absolute atomic E-state index is 0.0740. The maximum atomic E-state index is 12.3. The van der Waals surface area contributed by atoms with Crippen LogP contribution in [0.3, 0.4) is 0 Å². The van der Waals surface area contributed by atoms with Gasteiger partial charge in [-0.15, -0.1) is 5.10 Å². The maximum Gasteiger partial charge on any atom is 0.277 e. The van der Waals surface area contributed by atoms with E-state index in [1.54, 1.807) is 60.5 Å². The number of hydrogen-bond acceptors (Lipinski definition) is 6. The highest BCUT2D eigenvalue weighted by Gasteiger charge is 2.13. The SMILES string of the molecule is CON(C)C(=O)c1cccc(-c2ccc3nc(NC(=O)Cn4cccn4)nn3c2)c1. The van der Waals surface area contributed by atoms with Crippen LogP contribution in [0.2, 0.25) is 0 Å². The summed E-state index contributed by atoms with van der Waals surface area (Å²) in [6.07, 6.45) is 5.09. The molecule has 0 fully saturated rings. The minimum Gasteiger partial charge on any atom is -0.292 e. The summed E-state index contributed by atoms with van der Waals surface area (Å²) in [5, 5.41) is 12.1. The number of aromatic nitrogens is 5. The molecule has 0 spiro atoms. The van der Waals surface area contributed by atoms with Crippen molar-refractivity contribution < 1.29 is 14.4 Å². The summed E-state index contributed by atoms with van der Waals surface area (Å²) >= 11 is 0. The number of benzene rings is 1. The first kappa shape index (κ1) is 19.3. The van der Waals surface area contributed by atoms with Crippen molar-refractivity contribution >= 4 is 23.4 Å². The lowest BCUT2D eigenvalue weighted by Crippen LogP contribution is -2.25. The van der Waals surface area contributed by atoms with Gasteiger partial charge in [0.05, 0.1) is 7.11 Å². The van der Waals surface area contributed by atoms with Crippen LogP contribution >= 0.6 is 0 Å². The number of carbonyl (C=O) groups is 2. The summed E-state index contributed by atoms with van der Waals surface area (Å²) < 4.78 is 3.09. The van der Waals surface area contributed by atoms with Gasteiger partial charge in [0.25, 0.3) is 5.91 Å². The van der Waals surface area contributed by atoms with Gasteiger partial charge in [-0.25, -0.2) is 9.58 Å². The van der Waals surface area contributed by atoms with Gasteiger partial charge >= 0.3 is 0 Å². The molecule has 10 heteroatoms. The number of rotatable bonds is 6. The fourth-order valence-corrected chi connectivity index (χ4v) is 2.91. The normalized spacial score (nSPS) is 10.9. The third-order valence-electron chi connectivity index (χ3n) is 4.45. The first-order valence-electron chi connectivity index (χ1n) is 9.10. The van der Waals surface area contributed by atoms with E-state index in [-0.39, 0.29) is 24.3 Å². The Morgan fingerprint density at radius 2 is 2.03 bits per heavy atom. The van der Waals surface area contributed by atoms with Crippen molar-refractivity contribution in [3.05, 3.63) is 66.6 Å². The number of hydroxylamine groups is 2. The minimum atomic E-state index is -0.275. The molecule has 2 amide bonds. The van der Waals surface area contributed by atoms with Crippen LogP contribution in [-0.4, -0.2) is 55.4 Å². The molecule has 152 valence electrons.